The molecule has 0 spiro atoms. The molecule has 0 bridgehead atoms. The molecule has 0 radical (unpaired) electrons. The molecule has 0 saturated carbocycles. The molecule has 0 amide bonds. The Morgan fingerprint density at radius 1 is 1.05 bits per heavy atom. The van der Waals surface area contributed by atoms with Gasteiger partial charge in [0.15, 0.2) is 16.3 Å². The number of phenolic OH excluding ortho intramolecular Hbond substituents is 1. The topological polar surface area (TPSA) is 73.1 Å². The van der Waals surface area contributed by atoms with Crippen LogP contribution in [0.5, 0.6) is 17.2 Å². The van der Waals surface area contributed by atoms with Gasteiger partial charge in [0, 0.05) is 11.1 Å². The minimum Gasteiger partial charge on any atom is -0.504 e. The highest BCUT2D eigenvalue weighted by Gasteiger charge is 2.34. The summed E-state index contributed by atoms with van der Waals surface area (Å²) in [6, 6.07) is 19.5. The van der Waals surface area contributed by atoms with E-state index in [1.165, 1.54) is 24.0 Å². The lowest BCUT2D eigenvalue weighted by atomic mass is 9.83. The van der Waals surface area contributed by atoms with Crippen molar-refractivity contribution < 1.29 is 14.6 Å². The SMILES string of the molecule is COc1ccccc1C1C2=C(N=c3sc(=Cc4cc(I)c(O)c(OC)c4)c(=O)n31)c1ccccc1CC2. The Morgan fingerprint density at radius 3 is 2.62 bits per heavy atom. The van der Waals surface area contributed by atoms with E-state index in [9.17, 15) is 9.90 Å². The van der Waals surface area contributed by atoms with Crippen LogP contribution in [0.15, 0.2) is 76.0 Å². The number of rotatable bonds is 4. The number of hydrogen-bond donors (Lipinski definition) is 1. The number of allylic oxidation sites excluding steroid dienone is 1. The number of benzene rings is 3. The van der Waals surface area contributed by atoms with Crippen molar-refractivity contribution in [2.24, 2.45) is 4.99 Å². The molecule has 1 unspecified atom stereocenters. The normalized spacial score (nSPS) is 16.5. The zero-order chi connectivity index (χ0) is 25.7. The summed E-state index contributed by atoms with van der Waals surface area (Å²) in [6.45, 7) is 0. The Hall–Kier alpha value is -3.37. The van der Waals surface area contributed by atoms with Crippen molar-refractivity contribution in [3.05, 3.63) is 112 Å². The molecule has 1 aliphatic heterocycles. The average molecular weight is 622 g/mol. The predicted molar refractivity (Wildman–Crippen MR) is 153 cm³/mol. The quantitative estimate of drug-likeness (QED) is 0.337. The number of hydrogen-bond acceptors (Lipinski definition) is 6. The van der Waals surface area contributed by atoms with E-state index in [-0.39, 0.29) is 17.4 Å². The van der Waals surface area contributed by atoms with Gasteiger partial charge in [-0.2, -0.15) is 0 Å². The maximum Gasteiger partial charge on any atom is 0.271 e. The third-order valence-electron chi connectivity index (χ3n) is 6.87. The number of thiazole rings is 1. The van der Waals surface area contributed by atoms with Crippen LogP contribution in [0, 0.1) is 3.57 Å². The third-order valence-corrected chi connectivity index (χ3v) is 8.68. The number of aromatic nitrogens is 1. The number of phenols is 1. The highest BCUT2D eigenvalue weighted by atomic mass is 127. The first-order chi connectivity index (χ1) is 18.0. The van der Waals surface area contributed by atoms with Crippen molar-refractivity contribution in [2.75, 3.05) is 14.2 Å². The van der Waals surface area contributed by atoms with Crippen LogP contribution in [0.2, 0.25) is 0 Å². The smallest absolute Gasteiger partial charge is 0.271 e. The largest absolute Gasteiger partial charge is 0.504 e. The molecule has 6 rings (SSSR count). The van der Waals surface area contributed by atoms with E-state index in [0.29, 0.717) is 18.7 Å². The first-order valence-electron chi connectivity index (χ1n) is 11.8. The molecule has 1 atom stereocenters. The van der Waals surface area contributed by atoms with Crippen molar-refractivity contribution in [3.63, 3.8) is 0 Å². The summed E-state index contributed by atoms with van der Waals surface area (Å²) in [5, 5.41) is 10.2. The Labute approximate surface area is 231 Å². The second-order valence-electron chi connectivity index (χ2n) is 8.91. The summed E-state index contributed by atoms with van der Waals surface area (Å²) in [4.78, 5) is 19.7. The van der Waals surface area contributed by atoms with Crippen LogP contribution < -0.4 is 24.4 Å². The summed E-state index contributed by atoms with van der Waals surface area (Å²) in [5.74, 6) is 1.20. The Bertz CT molecular complexity index is 1770. The molecule has 0 saturated heterocycles. The number of methoxy groups -OCH3 is 2. The van der Waals surface area contributed by atoms with Crippen LogP contribution in [0.25, 0.3) is 11.8 Å². The van der Waals surface area contributed by atoms with Gasteiger partial charge in [-0.3, -0.25) is 9.36 Å². The Morgan fingerprint density at radius 2 is 1.81 bits per heavy atom. The van der Waals surface area contributed by atoms with Gasteiger partial charge in [0.05, 0.1) is 34.1 Å². The Kier molecular flexibility index (Phi) is 6.16. The fraction of sp³-hybridized carbons (Fsp3) is 0.172. The molecule has 3 aromatic carbocycles. The molecule has 0 fully saturated rings. The third kappa shape index (κ3) is 3.99. The molecule has 1 aliphatic carbocycles. The zero-order valence-electron chi connectivity index (χ0n) is 20.2. The van der Waals surface area contributed by atoms with Gasteiger partial charge >= 0.3 is 0 Å². The zero-order valence-corrected chi connectivity index (χ0v) is 23.2. The van der Waals surface area contributed by atoms with Gasteiger partial charge in [0.25, 0.3) is 5.56 Å². The number of nitrogens with zero attached hydrogens (tertiary/aromatic N) is 2. The standard InChI is InChI=1S/C29H23IN2O4S/c1-35-22-10-6-5-9-19(22)26-20-12-11-17-7-3-4-8-18(17)25(20)31-29-32(26)28(34)24(37-29)15-16-13-21(30)27(33)23(14-16)36-2/h3-10,13-15,26,33H,11-12H2,1-2H3. The molecule has 6 nitrogen and oxygen atoms in total. The number of para-hydroxylation sites is 1. The number of fused-ring (bicyclic) bond motifs is 3. The monoisotopic (exact) mass is 622 g/mol. The summed E-state index contributed by atoms with van der Waals surface area (Å²) in [5.41, 5.74) is 6.09. The van der Waals surface area contributed by atoms with Gasteiger partial charge in [-0.05, 0) is 76.4 Å². The molecular formula is C29H23IN2O4S. The second-order valence-corrected chi connectivity index (χ2v) is 11.1. The summed E-state index contributed by atoms with van der Waals surface area (Å²) in [7, 11) is 3.17. The minimum atomic E-state index is -0.313. The van der Waals surface area contributed by atoms with Gasteiger partial charge in [-0.1, -0.05) is 53.8 Å². The minimum absolute atomic E-state index is 0.0872. The lowest BCUT2D eigenvalue weighted by Crippen LogP contribution is -2.39. The van der Waals surface area contributed by atoms with E-state index in [1.807, 2.05) is 47.0 Å². The summed E-state index contributed by atoms with van der Waals surface area (Å²) in [6.07, 6.45) is 3.55. The van der Waals surface area contributed by atoms with E-state index in [2.05, 4.69) is 40.8 Å². The summed E-state index contributed by atoms with van der Waals surface area (Å²) < 4.78 is 14.1. The van der Waals surface area contributed by atoms with E-state index in [1.54, 1.807) is 13.2 Å². The molecule has 2 heterocycles. The highest BCUT2D eigenvalue weighted by Crippen LogP contribution is 2.43. The molecule has 2 aliphatic rings. The number of aromatic hydroxyl groups is 1. The van der Waals surface area contributed by atoms with E-state index < -0.39 is 0 Å². The van der Waals surface area contributed by atoms with Gasteiger partial charge in [0.1, 0.15) is 5.75 Å². The molecule has 37 heavy (non-hydrogen) atoms. The number of halogens is 1. The molecule has 1 N–H and O–H groups in total. The number of ether oxygens (including phenoxy) is 2. The van der Waals surface area contributed by atoms with Gasteiger partial charge in [0.2, 0.25) is 0 Å². The van der Waals surface area contributed by atoms with Crippen molar-refractivity contribution in [2.45, 2.75) is 18.9 Å². The lowest BCUT2D eigenvalue weighted by Gasteiger charge is -2.31. The van der Waals surface area contributed by atoms with Crippen LogP contribution in [0.4, 0.5) is 0 Å². The maximum atomic E-state index is 14.0. The van der Waals surface area contributed by atoms with Crippen LogP contribution in [-0.2, 0) is 6.42 Å². The van der Waals surface area contributed by atoms with Gasteiger partial charge in [-0.15, -0.1) is 0 Å². The van der Waals surface area contributed by atoms with E-state index in [0.717, 1.165) is 46.6 Å². The van der Waals surface area contributed by atoms with Crippen LogP contribution in [0.1, 0.15) is 34.7 Å². The van der Waals surface area contributed by atoms with E-state index in [4.69, 9.17) is 14.5 Å². The summed E-state index contributed by atoms with van der Waals surface area (Å²) >= 11 is 3.43. The molecule has 4 aromatic rings. The van der Waals surface area contributed by atoms with Crippen molar-refractivity contribution in [1.82, 2.24) is 4.57 Å². The average Bonchev–Trinajstić information content (AvgIpc) is 3.23. The number of aryl methyl sites for hydroxylation is 1. The fourth-order valence-corrected chi connectivity index (χ4v) is 6.80. The Balaban J connectivity index is 1.63. The molecular weight excluding hydrogens is 599 g/mol. The molecule has 1 aromatic heterocycles. The molecule has 186 valence electrons. The van der Waals surface area contributed by atoms with E-state index >= 15 is 0 Å². The van der Waals surface area contributed by atoms with Crippen molar-refractivity contribution in [1.29, 1.82) is 0 Å². The first-order valence-corrected chi connectivity index (χ1v) is 13.7. The van der Waals surface area contributed by atoms with Crippen LogP contribution in [0.3, 0.4) is 0 Å². The molecule has 8 heteroatoms. The lowest BCUT2D eigenvalue weighted by molar-refractivity contribution is 0.371. The van der Waals surface area contributed by atoms with Gasteiger partial charge < -0.3 is 14.6 Å². The van der Waals surface area contributed by atoms with Crippen molar-refractivity contribution in [3.8, 4) is 17.2 Å². The fourth-order valence-electron chi connectivity index (χ4n) is 5.18. The van der Waals surface area contributed by atoms with Crippen molar-refractivity contribution >= 4 is 45.7 Å². The predicted octanol–water partition coefficient (Wildman–Crippen LogP) is 4.65. The van der Waals surface area contributed by atoms with Gasteiger partial charge in [-0.25, -0.2) is 4.99 Å². The first kappa shape index (κ1) is 24.0. The second kappa shape index (κ2) is 9.50. The highest BCUT2D eigenvalue weighted by molar-refractivity contribution is 14.1. The maximum absolute atomic E-state index is 14.0. The van der Waals surface area contributed by atoms with Crippen LogP contribution in [-0.4, -0.2) is 23.9 Å². The van der Waals surface area contributed by atoms with Crippen LogP contribution >= 0.6 is 33.9 Å².